The average Bonchev–Trinajstić information content (AvgIpc) is 2.61. The molecule has 1 atom stereocenters. The Labute approximate surface area is 173 Å². The molecule has 0 bridgehead atoms. The lowest BCUT2D eigenvalue weighted by Gasteiger charge is -2.14. The van der Waals surface area contributed by atoms with E-state index in [-0.39, 0.29) is 0 Å². The molecule has 0 radical (unpaired) electrons. The van der Waals surface area contributed by atoms with E-state index in [2.05, 4.69) is 9.59 Å². The normalized spacial score (nSPS) is 12.3. The maximum absolute atomic E-state index is 14.2. The molecule has 0 aliphatic carbocycles. The highest BCUT2D eigenvalue weighted by atomic mass is 32.2. The van der Waals surface area contributed by atoms with Crippen LogP contribution < -0.4 is 10.6 Å². The highest BCUT2D eigenvalue weighted by Gasteiger charge is 2.43. The van der Waals surface area contributed by atoms with Crippen molar-refractivity contribution in [3.8, 4) is 16.5 Å². The summed E-state index contributed by atoms with van der Waals surface area (Å²) < 4.78 is 102. The molecule has 1 unspecified atom stereocenters. The van der Waals surface area contributed by atoms with Crippen LogP contribution in [0.2, 0.25) is 0 Å². The van der Waals surface area contributed by atoms with Crippen molar-refractivity contribution >= 4 is 10.7 Å². The zero-order valence-corrected chi connectivity index (χ0v) is 17.0. The van der Waals surface area contributed by atoms with Crippen molar-refractivity contribution < 1.29 is 35.5 Å². The molecule has 5 nitrogen and oxygen atoms in total. The number of benzene rings is 2. The van der Waals surface area contributed by atoms with Gasteiger partial charge in [0.2, 0.25) is 27.7 Å². The molecule has 0 saturated heterocycles. The number of aromatic amines is 2. The summed E-state index contributed by atoms with van der Waals surface area (Å²) in [6.07, 6.45) is -5.65. The number of hydrogen-bond donors (Lipinski definition) is 3. The molecule has 31 heavy (non-hydrogen) atoms. The van der Waals surface area contributed by atoms with Gasteiger partial charge >= 0.3 is 6.18 Å². The monoisotopic (exact) mass is 469 g/mol. The third-order valence-electron chi connectivity index (χ3n) is 4.20. The topological polar surface area (TPSA) is 71.8 Å². The number of nitrogens with one attached hydrogen (secondary N) is 2. The molecule has 0 saturated carbocycles. The van der Waals surface area contributed by atoms with E-state index in [0.717, 1.165) is 26.5 Å². The molecule has 168 valence electrons. The molecule has 1 heterocycles. The van der Waals surface area contributed by atoms with Crippen LogP contribution in [-0.4, -0.2) is 14.5 Å². The summed E-state index contributed by atoms with van der Waals surface area (Å²) in [5, 5.41) is 3.59. The van der Waals surface area contributed by atoms with Crippen LogP contribution in [0.5, 0.6) is 11.6 Å². The van der Waals surface area contributed by atoms with Crippen LogP contribution in [0.3, 0.4) is 0 Å². The van der Waals surface area contributed by atoms with Crippen molar-refractivity contribution in [1.29, 1.82) is 0 Å². The van der Waals surface area contributed by atoms with Gasteiger partial charge in [-0.05, 0) is 20.8 Å². The summed E-state index contributed by atoms with van der Waals surface area (Å²) >= 11 is 0. The van der Waals surface area contributed by atoms with Crippen LogP contribution in [0.25, 0.3) is 4.90 Å². The summed E-state index contributed by atoms with van der Waals surface area (Å²) in [6, 6.07) is 3.77. The Morgan fingerprint density at radius 2 is 1.45 bits per heavy atom. The van der Waals surface area contributed by atoms with Gasteiger partial charge in [0, 0.05) is 11.1 Å². The summed E-state index contributed by atoms with van der Waals surface area (Å²) in [6.45, 7) is 5.53. The second-order valence-electron chi connectivity index (χ2n) is 6.68. The Kier molecular flexibility index (Phi) is 5.74. The quantitative estimate of drug-likeness (QED) is 0.190. The maximum Gasteiger partial charge on any atom is 0.422 e. The molecule has 0 amide bonds. The lowest BCUT2D eigenvalue weighted by atomic mass is 10.1. The van der Waals surface area contributed by atoms with Gasteiger partial charge in [0.05, 0.1) is 0 Å². The second-order valence-corrected chi connectivity index (χ2v) is 8.18. The van der Waals surface area contributed by atoms with E-state index < -0.39 is 57.3 Å². The molecule has 0 fully saturated rings. The molecular weight excluding hydrogens is 453 g/mol. The van der Waals surface area contributed by atoms with Crippen molar-refractivity contribution in [2.45, 2.75) is 26.9 Å². The first kappa shape index (κ1) is 22.6. The molecular formula is C18H16F7N4OS+. The van der Waals surface area contributed by atoms with Crippen LogP contribution in [-0.2, 0) is 6.18 Å². The first-order chi connectivity index (χ1) is 14.3. The minimum absolute atomic E-state index is 0.458. The van der Waals surface area contributed by atoms with E-state index in [4.69, 9.17) is 10.6 Å². The van der Waals surface area contributed by atoms with Gasteiger partial charge in [-0.2, -0.15) is 22.0 Å². The number of H-pyrrole nitrogens is 2. The van der Waals surface area contributed by atoms with Gasteiger partial charge in [0.1, 0.15) is 16.2 Å². The molecule has 3 aromatic rings. The average molecular weight is 469 g/mol. The van der Waals surface area contributed by atoms with Crippen LogP contribution >= 0.6 is 10.7 Å². The molecule has 0 aliphatic rings. The SMILES string of the molecule is Cc1cc(C)c(-[s+]2cc(Oc3c(F)c(F)c(C(F)(F)F)c(F)c3F)[nH]n(N)[nH]2)c(C)c1. The Hall–Kier alpha value is -3.09. The number of ether oxygens (including phenoxy) is 1. The van der Waals surface area contributed by atoms with Gasteiger partial charge in [0.15, 0.2) is 11.6 Å². The third-order valence-corrected chi connectivity index (χ3v) is 6.12. The van der Waals surface area contributed by atoms with E-state index in [1.54, 1.807) is 0 Å². The van der Waals surface area contributed by atoms with Crippen LogP contribution in [0, 0.1) is 44.0 Å². The van der Waals surface area contributed by atoms with Crippen molar-refractivity contribution in [3.63, 3.8) is 0 Å². The number of alkyl halides is 3. The smallest absolute Gasteiger partial charge is 0.422 e. The van der Waals surface area contributed by atoms with Crippen LogP contribution in [0.1, 0.15) is 22.3 Å². The van der Waals surface area contributed by atoms with E-state index in [9.17, 15) is 30.7 Å². The minimum Gasteiger partial charge on any atom is -0.429 e. The van der Waals surface area contributed by atoms with Gasteiger partial charge in [-0.3, -0.25) is 0 Å². The fourth-order valence-electron chi connectivity index (χ4n) is 3.13. The van der Waals surface area contributed by atoms with Crippen molar-refractivity contribution in [2.24, 2.45) is 0 Å². The van der Waals surface area contributed by atoms with E-state index >= 15 is 0 Å². The molecule has 13 heteroatoms. The molecule has 1 aromatic heterocycles. The van der Waals surface area contributed by atoms with Crippen LogP contribution in [0.15, 0.2) is 17.5 Å². The standard InChI is InChI=1S/C18H16F7N4OS/c1-7-4-8(2)17(9(3)5-7)31-6-10(27-29(26)28-31)30-16-14(21)12(19)11(18(23,24)25)13(20)15(16)22/h4-6,27-28H,26H2,1-3H3/q+1. The van der Waals surface area contributed by atoms with E-state index in [0.29, 0.717) is 0 Å². The van der Waals surface area contributed by atoms with Crippen LogP contribution in [0.4, 0.5) is 30.7 Å². The number of halogens is 7. The van der Waals surface area contributed by atoms with Crippen molar-refractivity contribution in [1.82, 2.24) is 14.5 Å². The van der Waals surface area contributed by atoms with E-state index in [1.165, 1.54) is 5.38 Å². The summed E-state index contributed by atoms with van der Waals surface area (Å²) in [5.41, 5.74) is 0.00187. The number of rotatable bonds is 3. The zero-order chi connectivity index (χ0) is 23.2. The number of nitrogens with two attached hydrogens (primary N) is 1. The third kappa shape index (κ3) is 4.22. The molecule has 0 aliphatic heterocycles. The number of aryl methyl sites for hydroxylation is 3. The predicted molar refractivity (Wildman–Crippen MR) is 100 cm³/mol. The Morgan fingerprint density at radius 1 is 0.935 bits per heavy atom. The largest absolute Gasteiger partial charge is 0.429 e. The maximum atomic E-state index is 14.2. The Balaban J connectivity index is 2.14. The molecule has 4 N–H and O–H groups in total. The highest BCUT2D eigenvalue weighted by Crippen LogP contribution is 2.41. The zero-order valence-electron chi connectivity index (χ0n) is 16.2. The fraction of sp³-hybridized carbons (Fsp3) is 0.222. The molecule has 2 aromatic carbocycles. The van der Waals surface area contributed by atoms with E-state index in [1.807, 2.05) is 32.9 Å². The fourth-order valence-corrected chi connectivity index (χ4v) is 4.78. The van der Waals surface area contributed by atoms with Gasteiger partial charge in [-0.15, -0.1) is 0 Å². The van der Waals surface area contributed by atoms with Gasteiger partial charge < -0.3 is 10.6 Å². The number of nitrogens with zero attached hydrogens (tertiary/aromatic N) is 1. The summed E-state index contributed by atoms with van der Waals surface area (Å²) in [4.78, 5) is 1.54. The minimum atomic E-state index is -5.65. The summed E-state index contributed by atoms with van der Waals surface area (Å²) in [7, 11) is -1.03. The first-order valence-corrected chi connectivity index (χ1v) is 9.81. The Morgan fingerprint density at radius 3 is 1.94 bits per heavy atom. The highest BCUT2D eigenvalue weighted by molar-refractivity contribution is 7.33. The molecule has 0 spiro atoms. The van der Waals surface area contributed by atoms with Gasteiger partial charge in [-0.25, -0.2) is 13.9 Å². The number of aromatic nitrogens is 3. The Bertz CT molecular complexity index is 1150. The number of hydrogen-bond acceptors (Lipinski definition) is 2. The lowest BCUT2D eigenvalue weighted by molar-refractivity contribution is -0.143. The predicted octanol–water partition coefficient (Wildman–Crippen LogP) is 6.01. The van der Waals surface area contributed by atoms with Crippen molar-refractivity contribution in [2.75, 3.05) is 5.84 Å². The lowest BCUT2D eigenvalue weighted by Crippen LogP contribution is -2.18. The number of nitrogen functional groups attached to an aromatic ring is 1. The van der Waals surface area contributed by atoms with Gasteiger partial charge in [-0.1, -0.05) is 27.1 Å². The summed E-state index contributed by atoms with van der Waals surface area (Å²) in [5.74, 6) is -6.38. The molecule has 3 rings (SSSR count). The second kappa shape index (κ2) is 7.87. The van der Waals surface area contributed by atoms with Gasteiger partial charge in [0.25, 0.3) is 5.88 Å². The first-order valence-electron chi connectivity index (χ1n) is 8.52. The van der Waals surface area contributed by atoms with Crippen molar-refractivity contribution in [3.05, 3.63) is 63.0 Å².